The Labute approximate surface area is 154 Å². The highest BCUT2D eigenvalue weighted by Gasteiger charge is 2.29. The van der Waals surface area contributed by atoms with E-state index in [0.717, 1.165) is 34.2 Å². The van der Waals surface area contributed by atoms with Crippen LogP contribution in [0.5, 0.6) is 11.5 Å². The smallest absolute Gasteiger partial charge is 0.198 e. The molecule has 1 heterocycles. The number of benzene rings is 1. The van der Waals surface area contributed by atoms with Gasteiger partial charge in [0.05, 0.1) is 20.4 Å². The van der Waals surface area contributed by atoms with Gasteiger partial charge in [0.2, 0.25) is 0 Å². The predicted molar refractivity (Wildman–Crippen MR) is 99.6 cm³/mol. The average molecular weight is 362 g/mol. The number of rotatable bonds is 8. The number of ether oxygens (including phenoxy) is 2. The van der Waals surface area contributed by atoms with Crippen molar-refractivity contribution in [1.82, 2.24) is 19.2 Å². The third-order valence-electron chi connectivity index (χ3n) is 4.37. The summed E-state index contributed by atoms with van der Waals surface area (Å²) in [6.45, 7) is 4.03. The molecule has 1 aromatic carbocycles. The minimum atomic E-state index is 0.591. The van der Waals surface area contributed by atoms with Gasteiger partial charge in [-0.3, -0.25) is 4.90 Å². The van der Waals surface area contributed by atoms with Crippen molar-refractivity contribution in [3.05, 3.63) is 34.4 Å². The molecule has 25 heavy (non-hydrogen) atoms. The van der Waals surface area contributed by atoms with E-state index in [0.29, 0.717) is 19.2 Å². The summed E-state index contributed by atoms with van der Waals surface area (Å²) in [5, 5.41) is 4.71. The van der Waals surface area contributed by atoms with Crippen LogP contribution in [0.1, 0.15) is 37.1 Å². The first-order valence-electron chi connectivity index (χ1n) is 8.65. The summed E-state index contributed by atoms with van der Waals surface area (Å²) in [4.78, 5) is 2.19. The van der Waals surface area contributed by atoms with E-state index in [4.69, 9.17) is 26.8 Å². The van der Waals surface area contributed by atoms with Crippen molar-refractivity contribution >= 4 is 12.2 Å². The zero-order valence-corrected chi connectivity index (χ0v) is 16.2. The van der Waals surface area contributed by atoms with E-state index in [2.05, 4.69) is 18.0 Å². The molecule has 136 valence electrons. The van der Waals surface area contributed by atoms with E-state index < -0.39 is 0 Å². The lowest BCUT2D eigenvalue weighted by atomic mass is 10.2. The van der Waals surface area contributed by atoms with E-state index in [1.54, 1.807) is 7.11 Å². The van der Waals surface area contributed by atoms with Crippen molar-refractivity contribution < 1.29 is 9.47 Å². The van der Waals surface area contributed by atoms with Crippen LogP contribution in [-0.2, 0) is 20.3 Å². The van der Waals surface area contributed by atoms with Gasteiger partial charge >= 0.3 is 0 Å². The normalized spacial score (nSPS) is 14.1. The fourth-order valence-electron chi connectivity index (χ4n) is 2.97. The summed E-state index contributed by atoms with van der Waals surface area (Å²) in [5.41, 5.74) is 1.16. The fraction of sp³-hybridized carbons (Fsp3) is 0.556. The standard InChI is InChI=1S/C18H26N4O2S/c1-5-24-15-9-6-13(10-16(15)23-4)11-20(2)12-22-18(25)21(3)17(19-22)14-7-8-14/h6,9-10,14H,5,7-8,11-12H2,1-4H3. The van der Waals surface area contributed by atoms with Crippen molar-refractivity contribution in [3.8, 4) is 11.5 Å². The van der Waals surface area contributed by atoms with Crippen LogP contribution < -0.4 is 9.47 Å². The lowest BCUT2D eigenvalue weighted by molar-refractivity contribution is 0.242. The molecule has 1 aliphatic carbocycles. The molecular formula is C18H26N4O2S. The highest BCUT2D eigenvalue weighted by atomic mass is 32.1. The van der Waals surface area contributed by atoms with Gasteiger partial charge in [0.15, 0.2) is 16.3 Å². The van der Waals surface area contributed by atoms with Crippen LogP contribution in [0, 0.1) is 4.77 Å². The molecule has 1 aliphatic rings. The van der Waals surface area contributed by atoms with Crippen LogP contribution in [0.4, 0.5) is 0 Å². The monoisotopic (exact) mass is 362 g/mol. The first-order chi connectivity index (χ1) is 12.0. The number of nitrogens with zero attached hydrogens (tertiary/aromatic N) is 4. The van der Waals surface area contributed by atoms with Gasteiger partial charge in [0.1, 0.15) is 5.82 Å². The number of aromatic nitrogens is 3. The molecule has 1 aromatic heterocycles. The van der Waals surface area contributed by atoms with E-state index >= 15 is 0 Å². The summed E-state index contributed by atoms with van der Waals surface area (Å²) in [5.74, 6) is 3.24. The zero-order valence-electron chi connectivity index (χ0n) is 15.4. The molecule has 2 aromatic rings. The van der Waals surface area contributed by atoms with Gasteiger partial charge in [-0.1, -0.05) is 6.07 Å². The van der Waals surface area contributed by atoms with Crippen LogP contribution in [0.15, 0.2) is 18.2 Å². The first-order valence-corrected chi connectivity index (χ1v) is 9.06. The summed E-state index contributed by atoms with van der Waals surface area (Å²) < 4.78 is 15.7. The highest BCUT2D eigenvalue weighted by molar-refractivity contribution is 7.71. The Bertz CT molecular complexity index is 795. The first kappa shape index (κ1) is 17.9. The Balaban J connectivity index is 1.69. The van der Waals surface area contributed by atoms with Crippen molar-refractivity contribution in [3.63, 3.8) is 0 Å². The molecule has 0 bridgehead atoms. The minimum Gasteiger partial charge on any atom is -0.493 e. The molecule has 0 aliphatic heterocycles. The van der Waals surface area contributed by atoms with Gasteiger partial charge in [-0.25, -0.2) is 4.68 Å². The lowest BCUT2D eigenvalue weighted by Gasteiger charge is -2.18. The minimum absolute atomic E-state index is 0.591. The van der Waals surface area contributed by atoms with Gasteiger partial charge in [-0.2, -0.15) is 5.10 Å². The number of hydrogen-bond acceptors (Lipinski definition) is 5. The van der Waals surface area contributed by atoms with Gasteiger partial charge in [-0.05, 0) is 56.7 Å². The molecule has 1 fully saturated rings. The maximum Gasteiger partial charge on any atom is 0.198 e. The van der Waals surface area contributed by atoms with Crippen molar-refractivity contribution in [2.45, 2.75) is 38.9 Å². The third-order valence-corrected chi connectivity index (χ3v) is 4.86. The molecule has 7 heteroatoms. The predicted octanol–water partition coefficient (Wildman–Crippen LogP) is 3.33. The summed E-state index contributed by atoms with van der Waals surface area (Å²) in [7, 11) is 5.74. The molecule has 1 saturated carbocycles. The van der Waals surface area contributed by atoms with Gasteiger partial charge in [0.25, 0.3) is 0 Å². The molecule has 6 nitrogen and oxygen atoms in total. The molecule has 0 amide bonds. The Kier molecular flexibility index (Phi) is 5.44. The molecule has 0 atom stereocenters. The largest absolute Gasteiger partial charge is 0.493 e. The maximum atomic E-state index is 5.57. The number of hydrogen-bond donors (Lipinski definition) is 0. The SMILES string of the molecule is CCOc1ccc(CN(C)Cn2nc(C3CC3)n(C)c2=S)cc1OC. The second-order valence-electron chi connectivity index (χ2n) is 6.55. The van der Waals surface area contributed by atoms with E-state index in [1.807, 2.05) is 35.4 Å². The summed E-state index contributed by atoms with van der Waals surface area (Å²) >= 11 is 5.53. The zero-order chi connectivity index (χ0) is 18.0. The lowest BCUT2D eigenvalue weighted by Crippen LogP contribution is -2.22. The van der Waals surface area contributed by atoms with Crippen LogP contribution >= 0.6 is 12.2 Å². The molecule has 0 unspecified atom stereocenters. The topological polar surface area (TPSA) is 44.5 Å². The Morgan fingerprint density at radius 2 is 2.08 bits per heavy atom. The van der Waals surface area contributed by atoms with Crippen molar-refractivity contribution in [2.75, 3.05) is 20.8 Å². The van der Waals surface area contributed by atoms with Crippen LogP contribution in [-0.4, -0.2) is 40.0 Å². The van der Waals surface area contributed by atoms with E-state index in [1.165, 1.54) is 12.8 Å². The summed E-state index contributed by atoms with van der Waals surface area (Å²) in [6.07, 6.45) is 2.45. The third kappa shape index (κ3) is 4.04. The quantitative estimate of drug-likeness (QED) is 0.674. The fourth-order valence-corrected chi connectivity index (χ4v) is 3.16. The molecular weight excluding hydrogens is 336 g/mol. The average Bonchev–Trinajstić information content (AvgIpc) is 3.39. The van der Waals surface area contributed by atoms with Crippen LogP contribution in [0.3, 0.4) is 0 Å². The molecule has 3 rings (SSSR count). The van der Waals surface area contributed by atoms with Gasteiger partial charge in [-0.15, -0.1) is 0 Å². The van der Waals surface area contributed by atoms with Crippen molar-refractivity contribution in [2.24, 2.45) is 7.05 Å². The maximum absolute atomic E-state index is 5.57. The second-order valence-corrected chi connectivity index (χ2v) is 6.91. The van der Waals surface area contributed by atoms with Crippen LogP contribution in [0.25, 0.3) is 0 Å². The number of methoxy groups -OCH3 is 1. The van der Waals surface area contributed by atoms with Crippen molar-refractivity contribution in [1.29, 1.82) is 0 Å². The van der Waals surface area contributed by atoms with Gasteiger partial charge < -0.3 is 14.0 Å². The Hall–Kier alpha value is -1.86. The molecule has 0 radical (unpaired) electrons. The Morgan fingerprint density at radius 1 is 1.32 bits per heavy atom. The van der Waals surface area contributed by atoms with E-state index in [9.17, 15) is 0 Å². The van der Waals surface area contributed by atoms with E-state index in [-0.39, 0.29) is 0 Å². The van der Waals surface area contributed by atoms with Crippen LogP contribution in [0.2, 0.25) is 0 Å². The molecule has 0 saturated heterocycles. The Morgan fingerprint density at radius 3 is 2.72 bits per heavy atom. The van der Waals surface area contributed by atoms with Gasteiger partial charge in [0, 0.05) is 19.5 Å². The molecule has 0 N–H and O–H groups in total. The second kappa shape index (κ2) is 7.58. The highest BCUT2D eigenvalue weighted by Crippen LogP contribution is 2.38. The summed E-state index contributed by atoms with van der Waals surface area (Å²) in [6, 6.07) is 6.05. The molecule has 0 spiro atoms.